The molecule has 0 aliphatic carbocycles. The number of nitrogens with one attached hydrogen (secondary N) is 1. The SMILES string of the molecule is N=C(c1ccncc1)c1ccc(N)nc1N. The molecule has 0 unspecified atom stereocenters. The van der Waals surface area contributed by atoms with E-state index in [2.05, 4.69) is 9.97 Å². The van der Waals surface area contributed by atoms with Crippen molar-refractivity contribution in [3.8, 4) is 0 Å². The lowest BCUT2D eigenvalue weighted by Crippen LogP contribution is -2.08. The van der Waals surface area contributed by atoms with Crippen molar-refractivity contribution >= 4 is 17.3 Å². The normalized spacial score (nSPS) is 10.0. The molecule has 0 spiro atoms. The quantitative estimate of drug-likeness (QED) is 0.649. The number of rotatable bonds is 2. The average molecular weight is 213 g/mol. The van der Waals surface area contributed by atoms with Crippen LogP contribution >= 0.6 is 0 Å². The van der Waals surface area contributed by atoms with Crippen molar-refractivity contribution in [1.29, 1.82) is 5.41 Å². The molecule has 2 aromatic rings. The molecular weight excluding hydrogens is 202 g/mol. The van der Waals surface area contributed by atoms with Gasteiger partial charge in [0.1, 0.15) is 11.6 Å². The van der Waals surface area contributed by atoms with Crippen LogP contribution in [0, 0.1) is 5.41 Å². The Kier molecular flexibility index (Phi) is 2.51. The summed E-state index contributed by atoms with van der Waals surface area (Å²) in [6.45, 7) is 0. The van der Waals surface area contributed by atoms with Crippen molar-refractivity contribution in [2.24, 2.45) is 0 Å². The molecule has 0 saturated heterocycles. The highest BCUT2D eigenvalue weighted by molar-refractivity contribution is 6.13. The highest BCUT2D eigenvalue weighted by Crippen LogP contribution is 2.15. The first-order valence-corrected chi connectivity index (χ1v) is 4.70. The fourth-order valence-corrected chi connectivity index (χ4v) is 1.38. The number of hydrogen-bond acceptors (Lipinski definition) is 5. The molecule has 0 saturated carbocycles. The van der Waals surface area contributed by atoms with E-state index in [0.29, 0.717) is 17.1 Å². The molecule has 0 aliphatic heterocycles. The monoisotopic (exact) mass is 213 g/mol. The molecule has 0 radical (unpaired) electrons. The lowest BCUT2D eigenvalue weighted by atomic mass is 10.0. The minimum atomic E-state index is 0.266. The van der Waals surface area contributed by atoms with Crippen LogP contribution in [0.5, 0.6) is 0 Å². The first kappa shape index (κ1) is 10.1. The summed E-state index contributed by atoms with van der Waals surface area (Å²) < 4.78 is 0. The minimum absolute atomic E-state index is 0.266. The number of nitrogen functional groups attached to an aromatic ring is 2. The van der Waals surface area contributed by atoms with E-state index >= 15 is 0 Å². The predicted molar refractivity (Wildman–Crippen MR) is 63.2 cm³/mol. The van der Waals surface area contributed by atoms with Gasteiger partial charge in [0.05, 0.1) is 5.71 Å². The van der Waals surface area contributed by atoms with Gasteiger partial charge in [0, 0.05) is 23.5 Å². The van der Waals surface area contributed by atoms with Crippen LogP contribution in [0.25, 0.3) is 0 Å². The maximum Gasteiger partial charge on any atom is 0.135 e. The van der Waals surface area contributed by atoms with Gasteiger partial charge in [0.15, 0.2) is 0 Å². The molecule has 0 aromatic carbocycles. The van der Waals surface area contributed by atoms with Crippen LogP contribution in [0.4, 0.5) is 11.6 Å². The van der Waals surface area contributed by atoms with E-state index in [9.17, 15) is 0 Å². The summed E-state index contributed by atoms with van der Waals surface area (Å²) in [6, 6.07) is 6.82. The summed E-state index contributed by atoms with van der Waals surface area (Å²) in [5, 5.41) is 7.99. The second-order valence-corrected chi connectivity index (χ2v) is 3.28. The molecule has 5 nitrogen and oxygen atoms in total. The van der Waals surface area contributed by atoms with E-state index in [0.717, 1.165) is 5.56 Å². The Labute approximate surface area is 92.7 Å². The third-order valence-electron chi connectivity index (χ3n) is 2.18. The van der Waals surface area contributed by atoms with Crippen LogP contribution in [-0.4, -0.2) is 15.7 Å². The maximum absolute atomic E-state index is 7.99. The summed E-state index contributed by atoms with van der Waals surface area (Å²) in [4.78, 5) is 7.81. The molecule has 0 atom stereocenters. The standard InChI is InChI=1S/C11H11N5/c12-9-2-1-8(11(14)16-9)10(13)7-3-5-15-6-4-7/h1-6,13H,(H4,12,14,16). The smallest absolute Gasteiger partial charge is 0.135 e. The van der Waals surface area contributed by atoms with Gasteiger partial charge in [0.2, 0.25) is 0 Å². The Morgan fingerprint density at radius 1 is 1.06 bits per heavy atom. The van der Waals surface area contributed by atoms with Gasteiger partial charge >= 0.3 is 0 Å². The van der Waals surface area contributed by atoms with Gasteiger partial charge in [-0.05, 0) is 24.3 Å². The van der Waals surface area contributed by atoms with Crippen LogP contribution in [-0.2, 0) is 0 Å². The van der Waals surface area contributed by atoms with Crippen molar-refractivity contribution in [2.75, 3.05) is 11.5 Å². The lowest BCUT2D eigenvalue weighted by molar-refractivity contribution is 1.30. The molecule has 2 rings (SSSR count). The summed E-state index contributed by atoms with van der Waals surface area (Å²) in [5.74, 6) is 0.616. The number of pyridine rings is 2. The van der Waals surface area contributed by atoms with Crippen molar-refractivity contribution in [2.45, 2.75) is 0 Å². The molecule has 0 amide bonds. The molecule has 16 heavy (non-hydrogen) atoms. The lowest BCUT2D eigenvalue weighted by Gasteiger charge is -2.07. The number of nitrogens with two attached hydrogens (primary N) is 2. The van der Waals surface area contributed by atoms with E-state index in [-0.39, 0.29) is 5.82 Å². The summed E-state index contributed by atoms with van der Waals surface area (Å²) in [6.07, 6.45) is 3.26. The van der Waals surface area contributed by atoms with E-state index in [1.54, 1.807) is 36.7 Å². The average Bonchev–Trinajstić information content (AvgIpc) is 2.29. The molecule has 5 heteroatoms. The maximum atomic E-state index is 7.99. The first-order valence-electron chi connectivity index (χ1n) is 4.70. The third-order valence-corrected chi connectivity index (χ3v) is 2.18. The predicted octanol–water partition coefficient (Wildman–Crippen LogP) is 1.06. The van der Waals surface area contributed by atoms with Gasteiger partial charge in [-0.2, -0.15) is 0 Å². The van der Waals surface area contributed by atoms with E-state index in [1.807, 2.05) is 0 Å². The zero-order chi connectivity index (χ0) is 11.5. The summed E-state index contributed by atoms with van der Waals surface area (Å²) >= 11 is 0. The zero-order valence-corrected chi connectivity index (χ0v) is 8.51. The van der Waals surface area contributed by atoms with Crippen LogP contribution < -0.4 is 11.5 Å². The Morgan fingerprint density at radius 3 is 2.38 bits per heavy atom. The number of nitrogens with zero attached hydrogens (tertiary/aromatic N) is 2. The van der Waals surface area contributed by atoms with Crippen LogP contribution in [0.15, 0.2) is 36.7 Å². The van der Waals surface area contributed by atoms with Crippen molar-refractivity contribution in [1.82, 2.24) is 9.97 Å². The van der Waals surface area contributed by atoms with E-state index in [4.69, 9.17) is 16.9 Å². The van der Waals surface area contributed by atoms with Gasteiger partial charge < -0.3 is 11.5 Å². The Balaban J connectivity index is 2.42. The number of anilines is 2. The van der Waals surface area contributed by atoms with Crippen LogP contribution in [0.1, 0.15) is 11.1 Å². The number of aromatic nitrogens is 2. The topological polar surface area (TPSA) is 102 Å². The molecule has 0 fully saturated rings. The summed E-state index contributed by atoms with van der Waals surface area (Å²) in [5.41, 5.74) is 12.8. The van der Waals surface area contributed by atoms with Gasteiger partial charge in [0.25, 0.3) is 0 Å². The largest absolute Gasteiger partial charge is 0.384 e. The molecule has 0 aliphatic rings. The fourth-order valence-electron chi connectivity index (χ4n) is 1.38. The van der Waals surface area contributed by atoms with Crippen molar-refractivity contribution < 1.29 is 0 Å². The highest BCUT2D eigenvalue weighted by Gasteiger charge is 2.09. The zero-order valence-electron chi connectivity index (χ0n) is 8.51. The Morgan fingerprint density at radius 2 is 1.75 bits per heavy atom. The molecule has 2 heterocycles. The van der Waals surface area contributed by atoms with Gasteiger partial charge in [-0.1, -0.05) is 0 Å². The van der Waals surface area contributed by atoms with Gasteiger partial charge in [-0.3, -0.25) is 10.4 Å². The third kappa shape index (κ3) is 1.83. The van der Waals surface area contributed by atoms with Crippen LogP contribution in [0.3, 0.4) is 0 Å². The van der Waals surface area contributed by atoms with Gasteiger partial charge in [-0.25, -0.2) is 4.98 Å². The number of hydrogen-bond donors (Lipinski definition) is 3. The second kappa shape index (κ2) is 3.98. The molecular formula is C11H11N5. The molecule has 5 N–H and O–H groups in total. The minimum Gasteiger partial charge on any atom is -0.384 e. The van der Waals surface area contributed by atoms with E-state index in [1.165, 1.54) is 0 Å². The van der Waals surface area contributed by atoms with Crippen LogP contribution in [0.2, 0.25) is 0 Å². The van der Waals surface area contributed by atoms with Crippen molar-refractivity contribution in [3.63, 3.8) is 0 Å². The molecule has 2 aromatic heterocycles. The Hall–Kier alpha value is -2.43. The molecule has 80 valence electrons. The van der Waals surface area contributed by atoms with Gasteiger partial charge in [-0.15, -0.1) is 0 Å². The second-order valence-electron chi connectivity index (χ2n) is 3.28. The van der Waals surface area contributed by atoms with Crippen molar-refractivity contribution in [3.05, 3.63) is 47.8 Å². The first-order chi connectivity index (χ1) is 7.68. The van der Waals surface area contributed by atoms with E-state index < -0.39 is 0 Å². The highest BCUT2D eigenvalue weighted by atomic mass is 14.9. The Bertz CT molecular complexity index is 521. The summed E-state index contributed by atoms with van der Waals surface area (Å²) in [7, 11) is 0. The fraction of sp³-hybridized carbons (Fsp3) is 0. The molecule has 0 bridgehead atoms.